The maximum atomic E-state index is 7.17. The highest BCUT2D eigenvalue weighted by atomic mass is 16.5. The number of hydrogen-bond acceptors (Lipinski definition) is 3. The molecule has 0 aliphatic carbocycles. The van der Waals surface area contributed by atoms with Crippen LogP contribution in [0.15, 0.2) is 24.3 Å². The van der Waals surface area contributed by atoms with Gasteiger partial charge in [-0.2, -0.15) is 0 Å². The summed E-state index contributed by atoms with van der Waals surface area (Å²) in [5.74, 6) is 0.653. The van der Waals surface area contributed by atoms with Crippen molar-refractivity contribution in [2.24, 2.45) is 0 Å². The molecule has 0 amide bonds. The molecule has 0 saturated heterocycles. The maximum absolute atomic E-state index is 7.17. The lowest BCUT2D eigenvalue weighted by atomic mass is 10.0. The van der Waals surface area contributed by atoms with Crippen molar-refractivity contribution in [3.63, 3.8) is 0 Å². The van der Waals surface area contributed by atoms with E-state index in [1.807, 2.05) is 0 Å². The monoisotopic (exact) mass is 196 g/mol. The molecule has 0 spiro atoms. The van der Waals surface area contributed by atoms with E-state index in [1.54, 1.807) is 0 Å². The van der Waals surface area contributed by atoms with Gasteiger partial charge in [0.2, 0.25) is 0 Å². The van der Waals surface area contributed by atoms with Gasteiger partial charge in [-0.3, -0.25) is 0 Å². The molecule has 4 heteroatoms. The quantitative estimate of drug-likeness (QED) is 0.588. The van der Waals surface area contributed by atoms with E-state index in [1.165, 1.54) is 11.1 Å². The molecule has 0 atom stereocenters. The average Bonchev–Trinajstić information content (AvgIpc) is 2.03. The molecule has 0 heterocycles. The lowest BCUT2D eigenvalue weighted by molar-refractivity contribution is 0.278. The van der Waals surface area contributed by atoms with Crippen molar-refractivity contribution < 1.29 is 15.1 Å². The van der Waals surface area contributed by atoms with Gasteiger partial charge in [0.15, 0.2) is 0 Å². The summed E-state index contributed by atoms with van der Waals surface area (Å²) in [4.78, 5) is 0. The SMILES string of the molecule is Cc1cccc(C(C)C)c1.OB(O)O. The molecule has 1 rings (SSSR count). The molecule has 0 aliphatic rings. The topological polar surface area (TPSA) is 60.7 Å². The van der Waals surface area contributed by atoms with Gasteiger partial charge in [-0.05, 0) is 18.4 Å². The summed E-state index contributed by atoms with van der Waals surface area (Å²) in [6.07, 6.45) is 0. The fourth-order valence-corrected chi connectivity index (χ4v) is 1.03. The summed E-state index contributed by atoms with van der Waals surface area (Å²) >= 11 is 0. The summed E-state index contributed by atoms with van der Waals surface area (Å²) in [6.45, 7) is 6.56. The van der Waals surface area contributed by atoms with Crippen LogP contribution < -0.4 is 0 Å². The minimum Gasteiger partial charge on any atom is -0.402 e. The lowest BCUT2D eigenvalue weighted by Crippen LogP contribution is -2.07. The van der Waals surface area contributed by atoms with E-state index >= 15 is 0 Å². The molecular formula is C10H17BO3. The van der Waals surface area contributed by atoms with Gasteiger partial charge in [-0.25, -0.2) is 0 Å². The fourth-order valence-electron chi connectivity index (χ4n) is 1.03. The molecular weight excluding hydrogens is 179 g/mol. The van der Waals surface area contributed by atoms with E-state index < -0.39 is 7.32 Å². The average molecular weight is 196 g/mol. The first-order valence-electron chi connectivity index (χ1n) is 4.54. The van der Waals surface area contributed by atoms with Crippen LogP contribution in [-0.4, -0.2) is 22.4 Å². The molecule has 1 aromatic rings. The van der Waals surface area contributed by atoms with E-state index in [4.69, 9.17) is 15.1 Å². The molecule has 3 N–H and O–H groups in total. The van der Waals surface area contributed by atoms with E-state index in [-0.39, 0.29) is 0 Å². The van der Waals surface area contributed by atoms with Crippen LogP contribution in [0.5, 0.6) is 0 Å². The number of hydrogen-bond donors (Lipinski definition) is 3. The van der Waals surface area contributed by atoms with Crippen LogP contribution in [0.25, 0.3) is 0 Å². The van der Waals surface area contributed by atoms with Gasteiger partial charge in [-0.1, -0.05) is 43.7 Å². The van der Waals surface area contributed by atoms with E-state index in [2.05, 4.69) is 45.0 Å². The molecule has 0 saturated carbocycles. The Bertz CT molecular complexity index is 259. The van der Waals surface area contributed by atoms with Crippen LogP contribution >= 0.6 is 0 Å². The van der Waals surface area contributed by atoms with Crippen LogP contribution in [0.4, 0.5) is 0 Å². The van der Waals surface area contributed by atoms with Gasteiger partial charge in [-0.15, -0.1) is 0 Å². The Hall–Kier alpha value is -0.835. The zero-order chi connectivity index (χ0) is 11.1. The van der Waals surface area contributed by atoms with E-state index in [0.717, 1.165) is 0 Å². The summed E-state index contributed by atoms with van der Waals surface area (Å²) in [6, 6.07) is 8.67. The Kier molecular flexibility index (Phi) is 6.20. The highest BCUT2D eigenvalue weighted by molar-refractivity contribution is 6.30. The smallest absolute Gasteiger partial charge is 0.402 e. The summed E-state index contributed by atoms with van der Waals surface area (Å²) < 4.78 is 0. The predicted octanol–water partition coefficient (Wildman–Crippen LogP) is 1.07. The molecule has 0 aliphatic heterocycles. The predicted molar refractivity (Wildman–Crippen MR) is 57.7 cm³/mol. The van der Waals surface area contributed by atoms with Gasteiger partial charge < -0.3 is 15.1 Å². The fraction of sp³-hybridized carbons (Fsp3) is 0.400. The van der Waals surface area contributed by atoms with Gasteiger partial charge in [0.05, 0.1) is 0 Å². The highest BCUT2D eigenvalue weighted by Crippen LogP contribution is 2.14. The number of rotatable bonds is 1. The number of aryl methyl sites for hydroxylation is 1. The standard InChI is InChI=1S/C10H14.BH3O3/c1-8(2)10-6-4-5-9(3)7-10;2-1(3)4/h4-8H,1-3H3;2-4H. The van der Waals surface area contributed by atoms with Crippen LogP contribution in [0.3, 0.4) is 0 Å². The lowest BCUT2D eigenvalue weighted by Gasteiger charge is -2.04. The molecule has 1 aromatic carbocycles. The van der Waals surface area contributed by atoms with Crippen LogP contribution in [0.1, 0.15) is 30.9 Å². The Balaban J connectivity index is 0.000000364. The Morgan fingerprint density at radius 2 is 1.64 bits per heavy atom. The summed E-state index contributed by atoms with van der Waals surface area (Å²) in [7, 11) is -2.17. The maximum Gasteiger partial charge on any atom is 0.631 e. The molecule has 78 valence electrons. The normalized spacial score (nSPS) is 9.36. The summed E-state index contributed by atoms with van der Waals surface area (Å²) in [5.41, 5.74) is 2.78. The largest absolute Gasteiger partial charge is 0.631 e. The third-order valence-corrected chi connectivity index (χ3v) is 1.71. The molecule has 3 nitrogen and oxygen atoms in total. The van der Waals surface area contributed by atoms with Crippen molar-refractivity contribution in [3.05, 3.63) is 35.4 Å². The molecule has 0 aromatic heterocycles. The third kappa shape index (κ3) is 6.66. The van der Waals surface area contributed by atoms with Crippen molar-refractivity contribution >= 4 is 7.32 Å². The Labute approximate surface area is 85.2 Å². The van der Waals surface area contributed by atoms with Gasteiger partial charge >= 0.3 is 7.32 Å². The molecule has 0 bridgehead atoms. The van der Waals surface area contributed by atoms with Crippen molar-refractivity contribution in [3.8, 4) is 0 Å². The first-order valence-corrected chi connectivity index (χ1v) is 4.54. The van der Waals surface area contributed by atoms with Gasteiger partial charge in [0.1, 0.15) is 0 Å². The zero-order valence-electron chi connectivity index (χ0n) is 8.81. The van der Waals surface area contributed by atoms with Crippen molar-refractivity contribution in [1.82, 2.24) is 0 Å². The molecule has 0 radical (unpaired) electrons. The third-order valence-electron chi connectivity index (χ3n) is 1.71. The highest BCUT2D eigenvalue weighted by Gasteiger charge is 1.96. The van der Waals surface area contributed by atoms with Crippen LogP contribution in [0.2, 0.25) is 0 Å². The zero-order valence-corrected chi connectivity index (χ0v) is 8.81. The van der Waals surface area contributed by atoms with Crippen molar-refractivity contribution in [2.75, 3.05) is 0 Å². The second-order valence-corrected chi connectivity index (χ2v) is 3.42. The number of benzene rings is 1. The first-order chi connectivity index (χ1) is 6.43. The van der Waals surface area contributed by atoms with Crippen molar-refractivity contribution in [2.45, 2.75) is 26.7 Å². The van der Waals surface area contributed by atoms with Gasteiger partial charge in [0, 0.05) is 0 Å². The molecule has 14 heavy (non-hydrogen) atoms. The second-order valence-electron chi connectivity index (χ2n) is 3.42. The van der Waals surface area contributed by atoms with E-state index in [0.29, 0.717) is 5.92 Å². The minimum atomic E-state index is -2.17. The minimum absolute atomic E-state index is 0.653. The van der Waals surface area contributed by atoms with E-state index in [9.17, 15) is 0 Å². The first kappa shape index (κ1) is 13.2. The van der Waals surface area contributed by atoms with Gasteiger partial charge in [0.25, 0.3) is 0 Å². The van der Waals surface area contributed by atoms with Crippen LogP contribution in [-0.2, 0) is 0 Å². The molecule has 0 unspecified atom stereocenters. The Morgan fingerprint density at radius 3 is 1.93 bits per heavy atom. The summed E-state index contributed by atoms with van der Waals surface area (Å²) in [5, 5.41) is 21.5. The second kappa shape index (κ2) is 6.59. The Morgan fingerprint density at radius 1 is 1.14 bits per heavy atom. The van der Waals surface area contributed by atoms with Crippen molar-refractivity contribution in [1.29, 1.82) is 0 Å². The van der Waals surface area contributed by atoms with Crippen LogP contribution in [0, 0.1) is 6.92 Å². The molecule has 0 fully saturated rings.